The minimum atomic E-state index is -3.88. The number of nitrogens with one attached hydrogen (secondary N) is 1. The van der Waals surface area contributed by atoms with Gasteiger partial charge in [0.15, 0.2) is 0 Å². The van der Waals surface area contributed by atoms with E-state index in [0.717, 1.165) is 6.08 Å². The van der Waals surface area contributed by atoms with Gasteiger partial charge in [0.05, 0.1) is 4.90 Å². The topological polar surface area (TPSA) is 127 Å². The van der Waals surface area contributed by atoms with Crippen molar-refractivity contribution < 1.29 is 23.1 Å². The number of benzene rings is 1. The Kier molecular flexibility index (Phi) is 4.41. The lowest BCUT2D eigenvalue weighted by Gasteiger charge is -2.07. The quantitative estimate of drug-likeness (QED) is 0.682. The number of carbonyl (C=O) groups is 2. The Hall–Kier alpha value is -2.19. The van der Waals surface area contributed by atoms with E-state index in [1.54, 1.807) is 6.92 Å². The minimum Gasteiger partial charge on any atom is -0.478 e. The van der Waals surface area contributed by atoms with E-state index in [1.807, 2.05) is 0 Å². The SMILES string of the molecule is Cc1ccc(NC(=O)/C=C/C(=O)O)cc1S(N)(=O)=O. The van der Waals surface area contributed by atoms with Crippen LogP contribution < -0.4 is 10.5 Å². The number of anilines is 1. The molecule has 8 heteroatoms. The Balaban J connectivity index is 2.99. The van der Waals surface area contributed by atoms with Crippen molar-refractivity contribution in [3.8, 4) is 0 Å². The first-order valence-corrected chi connectivity index (χ1v) is 6.60. The first-order chi connectivity index (χ1) is 8.70. The zero-order valence-corrected chi connectivity index (χ0v) is 10.8. The summed E-state index contributed by atoms with van der Waals surface area (Å²) in [7, 11) is -3.88. The first-order valence-electron chi connectivity index (χ1n) is 5.05. The van der Waals surface area contributed by atoms with Crippen LogP contribution in [0.1, 0.15) is 5.56 Å². The molecule has 7 nitrogen and oxygen atoms in total. The number of rotatable bonds is 4. The van der Waals surface area contributed by atoms with E-state index in [9.17, 15) is 18.0 Å². The third kappa shape index (κ3) is 4.53. The average Bonchev–Trinajstić information content (AvgIpc) is 2.27. The molecule has 0 aliphatic carbocycles. The smallest absolute Gasteiger partial charge is 0.328 e. The van der Waals surface area contributed by atoms with Crippen LogP contribution in [0.5, 0.6) is 0 Å². The average molecular weight is 284 g/mol. The minimum absolute atomic E-state index is 0.104. The van der Waals surface area contributed by atoms with Gasteiger partial charge in [-0.3, -0.25) is 4.79 Å². The van der Waals surface area contributed by atoms with Gasteiger partial charge in [-0.25, -0.2) is 18.4 Å². The summed E-state index contributed by atoms with van der Waals surface area (Å²) in [6.45, 7) is 1.57. The Morgan fingerprint density at radius 1 is 1.32 bits per heavy atom. The molecule has 1 aromatic rings. The highest BCUT2D eigenvalue weighted by atomic mass is 32.2. The van der Waals surface area contributed by atoms with Crippen molar-refractivity contribution in [3.05, 3.63) is 35.9 Å². The molecule has 0 saturated heterocycles. The van der Waals surface area contributed by atoms with Gasteiger partial charge in [0.2, 0.25) is 15.9 Å². The Morgan fingerprint density at radius 2 is 1.95 bits per heavy atom. The normalized spacial score (nSPS) is 11.5. The lowest BCUT2D eigenvalue weighted by atomic mass is 10.2. The van der Waals surface area contributed by atoms with Gasteiger partial charge < -0.3 is 10.4 Å². The van der Waals surface area contributed by atoms with Crippen LogP contribution in [0.4, 0.5) is 5.69 Å². The molecule has 0 aliphatic heterocycles. The van der Waals surface area contributed by atoms with Crippen molar-refractivity contribution in [2.45, 2.75) is 11.8 Å². The second-order valence-corrected chi connectivity index (χ2v) is 5.22. The van der Waals surface area contributed by atoms with Crippen LogP contribution in [0.15, 0.2) is 35.2 Å². The summed E-state index contributed by atoms with van der Waals surface area (Å²) in [5.41, 5.74) is 0.649. The van der Waals surface area contributed by atoms with Crippen LogP contribution >= 0.6 is 0 Å². The zero-order chi connectivity index (χ0) is 14.6. The number of carboxylic acids is 1. The molecular formula is C11H12N2O5S. The van der Waals surface area contributed by atoms with Gasteiger partial charge >= 0.3 is 5.97 Å². The summed E-state index contributed by atoms with van der Waals surface area (Å²) in [6.07, 6.45) is 1.49. The fourth-order valence-corrected chi connectivity index (χ4v) is 2.12. The van der Waals surface area contributed by atoms with Crippen molar-refractivity contribution in [2.24, 2.45) is 5.14 Å². The first kappa shape index (κ1) is 14.9. The fourth-order valence-electron chi connectivity index (χ4n) is 1.32. The largest absolute Gasteiger partial charge is 0.478 e. The van der Waals surface area contributed by atoms with Crippen molar-refractivity contribution >= 4 is 27.6 Å². The molecule has 0 spiro atoms. The number of hydrogen-bond donors (Lipinski definition) is 3. The van der Waals surface area contributed by atoms with Gasteiger partial charge in [-0.15, -0.1) is 0 Å². The highest BCUT2D eigenvalue weighted by Crippen LogP contribution is 2.18. The second kappa shape index (κ2) is 5.63. The maximum atomic E-state index is 11.3. The number of aryl methyl sites for hydroxylation is 1. The summed E-state index contributed by atoms with van der Waals surface area (Å²) in [5, 5.41) is 15.7. The molecule has 1 amide bonds. The van der Waals surface area contributed by atoms with E-state index in [-0.39, 0.29) is 10.6 Å². The number of sulfonamides is 1. The summed E-state index contributed by atoms with van der Waals surface area (Å²) >= 11 is 0. The van der Waals surface area contributed by atoms with Crippen LogP contribution in [0.3, 0.4) is 0 Å². The van der Waals surface area contributed by atoms with Crippen LogP contribution in [-0.2, 0) is 19.6 Å². The molecule has 0 unspecified atom stereocenters. The van der Waals surface area contributed by atoms with Gasteiger partial charge in [0.1, 0.15) is 0 Å². The van der Waals surface area contributed by atoms with Crippen LogP contribution in [0.25, 0.3) is 0 Å². The Morgan fingerprint density at radius 3 is 2.47 bits per heavy atom. The van der Waals surface area contributed by atoms with E-state index in [4.69, 9.17) is 10.2 Å². The summed E-state index contributed by atoms with van der Waals surface area (Å²) in [6, 6.07) is 4.17. The van der Waals surface area contributed by atoms with Crippen LogP contribution in [0.2, 0.25) is 0 Å². The number of aliphatic carboxylic acids is 1. The van der Waals surface area contributed by atoms with E-state index < -0.39 is 21.9 Å². The van der Waals surface area contributed by atoms with E-state index in [2.05, 4.69) is 5.32 Å². The summed E-state index contributed by atoms with van der Waals surface area (Å²) < 4.78 is 22.6. The van der Waals surface area contributed by atoms with Gasteiger partial charge in [-0.1, -0.05) is 6.07 Å². The second-order valence-electron chi connectivity index (χ2n) is 3.69. The van der Waals surface area contributed by atoms with Crippen molar-refractivity contribution in [2.75, 3.05) is 5.32 Å². The number of nitrogens with two attached hydrogens (primary N) is 1. The molecule has 0 aliphatic rings. The van der Waals surface area contributed by atoms with E-state index in [0.29, 0.717) is 11.6 Å². The monoisotopic (exact) mass is 284 g/mol. The van der Waals surface area contributed by atoms with Gasteiger partial charge in [-0.05, 0) is 24.6 Å². The van der Waals surface area contributed by atoms with E-state index in [1.165, 1.54) is 18.2 Å². The summed E-state index contributed by atoms with van der Waals surface area (Å²) in [4.78, 5) is 21.4. The highest BCUT2D eigenvalue weighted by Gasteiger charge is 2.12. The lowest BCUT2D eigenvalue weighted by Crippen LogP contribution is -2.15. The number of primary sulfonamides is 1. The van der Waals surface area contributed by atoms with Gasteiger partial charge in [0, 0.05) is 17.8 Å². The Bertz CT molecular complexity index is 649. The zero-order valence-electron chi connectivity index (χ0n) is 9.95. The third-order valence-corrected chi connectivity index (χ3v) is 3.19. The third-order valence-electron chi connectivity index (χ3n) is 2.14. The molecule has 0 bridgehead atoms. The van der Waals surface area contributed by atoms with Crippen LogP contribution in [-0.4, -0.2) is 25.4 Å². The number of carboxylic acid groups (broad SMARTS) is 1. The summed E-state index contributed by atoms with van der Waals surface area (Å²) in [5.74, 6) is -1.95. The number of carbonyl (C=O) groups excluding carboxylic acids is 1. The maximum Gasteiger partial charge on any atom is 0.328 e. The molecule has 0 saturated carbocycles. The molecule has 1 aromatic carbocycles. The fraction of sp³-hybridized carbons (Fsp3) is 0.0909. The molecule has 0 fully saturated rings. The van der Waals surface area contributed by atoms with Crippen molar-refractivity contribution in [3.63, 3.8) is 0 Å². The maximum absolute atomic E-state index is 11.3. The van der Waals surface area contributed by atoms with Gasteiger partial charge in [0.25, 0.3) is 0 Å². The van der Waals surface area contributed by atoms with Crippen molar-refractivity contribution in [1.82, 2.24) is 0 Å². The molecular weight excluding hydrogens is 272 g/mol. The predicted molar refractivity (Wildman–Crippen MR) is 68.0 cm³/mol. The standard InChI is InChI=1S/C11H12N2O5S/c1-7-2-3-8(6-9(7)19(12,17)18)13-10(14)4-5-11(15)16/h2-6H,1H3,(H,13,14)(H,15,16)(H2,12,17,18)/b5-4+. The van der Waals surface area contributed by atoms with E-state index >= 15 is 0 Å². The highest BCUT2D eigenvalue weighted by molar-refractivity contribution is 7.89. The molecule has 19 heavy (non-hydrogen) atoms. The molecule has 0 heterocycles. The number of hydrogen-bond acceptors (Lipinski definition) is 4. The molecule has 4 N–H and O–H groups in total. The van der Waals surface area contributed by atoms with Gasteiger partial charge in [-0.2, -0.15) is 0 Å². The number of amides is 1. The van der Waals surface area contributed by atoms with Crippen molar-refractivity contribution in [1.29, 1.82) is 0 Å². The van der Waals surface area contributed by atoms with Crippen LogP contribution in [0, 0.1) is 6.92 Å². The lowest BCUT2D eigenvalue weighted by molar-refractivity contribution is -0.131. The molecule has 0 aromatic heterocycles. The predicted octanol–water partition coefficient (Wildman–Crippen LogP) is 0.222. The molecule has 1 rings (SSSR count). The molecule has 102 valence electrons. The Labute approximate surface area is 109 Å². The molecule has 0 atom stereocenters. The molecule has 0 radical (unpaired) electrons.